The van der Waals surface area contributed by atoms with Gasteiger partial charge in [0.1, 0.15) is 0 Å². The van der Waals surface area contributed by atoms with Crippen molar-refractivity contribution in [3.8, 4) is 11.5 Å². The Hall–Kier alpha value is -3.61. The van der Waals surface area contributed by atoms with Gasteiger partial charge in [0.2, 0.25) is 11.7 Å². The lowest BCUT2D eigenvalue weighted by atomic mass is 10.0. The van der Waals surface area contributed by atoms with Gasteiger partial charge in [0.05, 0.1) is 12.2 Å². The van der Waals surface area contributed by atoms with Gasteiger partial charge in [-0.25, -0.2) is 4.98 Å². The second kappa shape index (κ2) is 10.6. The van der Waals surface area contributed by atoms with Crippen LogP contribution in [0.3, 0.4) is 0 Å². The van der Waals surface area contributed by atoms with Crippen molar-refractivity contribution in [1.82, 2.24) is 14.8 Å². The van der Waals surface area contributed by atoms with Gasteiger partial charge < -0.3 is 14.2 Å². The molecule has 36 heavy (non-hydrogen) atoms. The number of carbonyl (C=O) groups excluding carboxylic acids is 2. The van der Waals surface area contributed by atoms with Gasteiger partial charge in [-0.3, -0.25) is 9.59 Å². The van der Waals surface area contributed by atoms with Gasteiger partial charge >= 0.3 is 0 Å². The van der Waals surface area contributed by atoms with Crippen LogP contribution in [-0.2, 0) is 0 Å². The molecule has 2 amide bonds. The number of hydrogen-bond donors (Lipinski definition) is 0. The van der Waals surface area contributed by atoms with Gasteiger partial charge in [0, 0.05) is 40.8 Å². The van der Waals surface area contributed by atoms with Crippen LogP contribution < -0.4 is 0 Å². The summed E-state index contributed by atoms with van der Waals surface area (Å²) in [6.07, 6.45) is 2.08. The maximum atomic E-state index is 13.5. The molecule has 8 heteroatoms. The van der Waals surface area contributed by atoms with Crippen LogP contribution in [0.25, 0.3) is 11.5 Å². The van der Waals surface area contributed by atoms with Crippen LogP contribution in [0.2, 0.25) is 10.0 Å². The summed E-state index contributed by atoms with van der Waals surface area (Å²) >= 11 is 12.2. The van der Waals surface area contributed by atoms with Gasteiger partial charge in [-0.05, 0) is 60.5 Å². The third-order valence-corrected chi connectivity index (χ3v) is 6.73. The fourth-order valence-electron chi connectivity index (χ4n) is 4.39. The summed E-state index contributed by atoms with van der Waals surface area (Å²) in [4.78, 5) is 34.9. The first-order valence-corrected chi connectivity index (χ1v) is 12.4. The molecule has 2 heterocycles. The SMILES string of the molecule is O=C(c1cnc(-c2ccccc2)o1)N1CCCN(C(=O)c2ccc(Cl)cc2)C(c2ccc(Cl)cc2)C1. The molecular weight excluding hydrogens is 497 g/mol. The van der Waals surface area contributed by atoms with Crippen molar-refractivity contribution < 1.29 is 14.0 Å². The number of carbonyl (C=O) groups is 2. The van der Waals surface area contributed by atoms with E-state index in [1.54, 1.807) is 41.3 Å². The van der Waals surface area contributed by atoms with E-state index in [0.717, 1.165) is 11.1 Å². The third kappa shape index (κ3) is 5.15. The second-order valence-corrected chi connectivity index (χ2v) is 9.45. The van der Waals surface area contributed by atoms with E-state index >= 15 is 0 Å². The molecule has 0 bridgehead atoms. The predicted molar refractivity (Wildman–Crippen MR) is 139 cm³/mol. The molecule has 0 spiro atoms. The van der Waals surface area contributed by atoms with E-state index in [0.29, 0.717) is 47.6 Å². The topological polar surface area (TPSA) is 66.7 Å². The Bertz CT molecular complexity index is 1360. The van der Waals surface area contributed by atoms with Crippen molar-refractivity contribution >= 4 is 35.0 Å². The molecule has 0 N–H and O–H groups in total. The summed E-state index contributed by atoms with van der Waals surface area (Å²) in [5, 5.41) is 1.17. The average molecular weight is 520 g/mol. The van der Waals surface area contributed by atoms with Crippen molar-refractivity contribution in [1.29, 1.82) is 0 Å². The van der Waals surface area contributed by atoms with E-state index in [2.05, 4.69) is 4.98 Å². The molecule has 1 fully saturated rings. The number of halogens is 2. The highest BCUT2D eigenvalue weighted by molar-refractivity contribution is 6.30. The molecule has 3 aromatic carbocycles. The number of amides is 2. The van der Waals surface area contributed by atoms with Crippen LogP contribution in [0.4, 0.5) is 0 Å². The van der Waals surface area contributed by atoms with E-state index in [-0.39, 0.29) is 23.6 Å². The number of aromatic nitrogens is 1. The quantitative estimate of drug-likeness (QED) is 0.313. The minimum atomic E-state index is -0.367. The van der Waals surface area contributed by atoms with Crippen molar-refractivity contribution in [2.45, 2.75) is 12.5 Å². The fraction of sp³-hybridized carbons (Fsp3) is 0.179. The van der Waals surface area contributed by atoms with Crippen LogP contribution in [-0.4, -0.2) is 46.2 Å². The Labute approximate surface area is 219 Å². The number of oxazole rings is 1. The Balaban J connectivity index is 1.44. The molecule has 6 nitrogen and oxygen atoms in total. The molecule has 0 aliphatic carbocycles. The number of benzene rings is 3. The molecule has 0 radical (unpaired) electrons. The predicted octanol–water partition coefficient (Wildman–Crippen LogP) is 6.38. The fourth-order valence-corrected chi connectivity index (χ4v) is 4.64. The maximum absolute atomic E-state index is 13.5. The molecule has 1 atom stereocenters. The van der Waals surface area contributed by atoms with Crippen LogP contribution in [0.15, 0.2) is 89.5 Å². The highest BCUT2D eigenvalue weighted by atomic mass is 35.5. The van der Waals surface area contributed by atoms with E-state index in [1.165, 1.54) is 6.20 Å². The zero-order valence-electron chi connectivity index (χ0n) is 19.3. The second-order valence-electron chi connectivity index (χ2n) is 8.57. The lowest BCUT2D eigenvalue weighted by Crippen LogP contribution is -2.40. The molecule has 1 aliphatic rings. The van der Waals surface area contributed by atoms with E-state index < -0.39 is 0 Å². The van der Waals surface area contributed by atoms with Crippen molar-refractivity contribution in [3.05, 3.63) is 112 Å². The monoisotopic (exact) mass is 519 g/mol. The minimum absolute atomic E-state index is 0.119. The Morgan fingerprint density at radius 2 is 1.50 bits per heavy atom. The number of rotatable bonds is 4. The molecule has 1 aromatic heterocycles. The maximum Gasteiger partial charge on any atom is 0.291 e. The molecule has 5 rings (SSSR count). The number of hydrogen-bond acceptors (Lipinski definition) is 4. The number of nitrogens with zero attached hydrogens (tertiary/aromatic N) is 3. The Morgan fingerprint density at radius 3 is 2.19 bits per heavy atom. The zero-order valence-corrected chi connectivity index (χ0v) is 20.8. The molecule has 0 saturated carbocycles. The van der Waals surface area contributed by atoms with Crippen LogP contribution >= 0.6 is 23.2 Å². The minimum Gasteiger partial charge on any atom is -0.431 e. The smallest absolute Gasteiger partial charge is 0.291 e. The first-order chi connectivity index (χ1) is 17.5. The molecule has 1 unspecified atom stereocenters. The van der Waals surface area contributed by atoms with E-state index in [1.807, 2.05) is 47.4 Å². The normalized spacial score (nSPS) is 16.0. The third-order valence-electron chi connectivity index (χ3n) is 6.23. The largest absolute Gasteiger partial charge is 0.431 e. The van der Waals surface area contributed by atoms with Gasteiger partial charge in [0.25, 0.3) is 11.8 Å². The molecule has 182 valence electrons. The zero-order chi connectivity index (χ0) is 25.1. The summed E-state index contributed by atoms with van der Waals surface area (Å²) in [5.41, 5.74) is 2.23. The van der Waals surface area contributed by atoms with Gasteiger partial charge in [-0.15, -0.1) is 0 Å². The van der Waals surface area contributed by atoms with Crippen LogP contribution in [0, 0.1) is 0 Å². The van der Waals surface area contributed by atoms with Crippen molar-refractivity contribution in [2.24, 2.45) is 0 Å². The van der Waals surface area contributed by atoms with E-state index in [4.69, 9.17) is 27.6 Å². The van der Waals surface area contributed by atoms with Gasteiger partial charge in [0.15, 0.2) is 0 Å². The first-order valence-electron chi connectivity index (χ1n) is 11.6. The standard InChI is InChI=1S/C28H23Cl2N3O3/c29-22-11-7-19(8-12-22)24-18-32(15-4-16-33(24)27(34)21-9-13-23(30)14-10-21)28(35)25-17-31-26(36-25)20-5-2-1-3-6-20/h1-3,5-14,17,24H,4,15-16,18H2. The molecule has 4 aromatic rings. The Kier molecular flexibility index (Phi) is 7.07. The average Bonchev–Trinajstić information content (AvgIpc) is 3.30. The van der Waals surface area contributed by atoms with Gasteiger partial charge in [-0.1, -0.05) is 53.5 Å². The highest BCUT2D eigenvalue weighted by Crippen LogP contribution is 2.29. The lowest BCUT2D eigenvalue weighted by molar-refractivity contribution is 0.0620. The van der Waals surface area contributed by atoms with Crippen LogP contribution in [0.1, 0.15) is 38.9 Å². The molecule has 1 saturated heterocycles. The summed E-state index contributed by atoms with van der Waals surface area (Å²) in [6.45, 7) is 1.28. The molecular formula is C28H23Cl2N3O3. The summed E-state index contributed by atoms with van der Waals surface area (Å²) in [5.74, 6) is 0.181. The summed E-state index contributed by atoms with van der Waals surface area (Å²) in [7, 11) is 0. The van der Waals surface area contributed by atoms with Crippen molar-refractivity contribution in [2.75, 3.05) is 19.6 Å². The summed E-state index contributed by atoms with van der Waals surface area (Å²) in [6, 6.07) is 23.3. The first kappa shape index (κ1) is 24.1. The molecule has 1 aliphatic heterocycles. The highest BCUT2D eigenvalue weighted by Gasteiger charge is 2.33. The summed E-state index contributed by atoms with van der Waals surface area (Å²) < 4.78 is 5.82. The lowest BCUT2D eigenvalue weighted by Gasteiger charge is -2.32. The van der Waals surface area contributed by atoms with E-state index in [9.17, 15) is 9.59 Å². The van der Waals surface area contributed by atoms with Crippen molar-refractivity contribution in [3.63, 3.8) is 0 Å². The Morgan fingerprint density at radius 1 is 0.833 bits per heavy atom. The van der Waals surface area contributed by atoms with Crippen LogP contribution in [0.5, 0.6) is 0 Å². The van der Waals surface area contributed by atoms with Gasteiger partial charge in [-0.2, -0.15) is 0 Å².